The van der Waals surface area contributed by atoms with Crippen LogP contribution in [0.25, 0.3) is 0 Å². The van der Waals surface area contributed by atoms with Crippen LogP contribution in [0.2, 0.25) is 0 Å². The number of aryl methyl sites for hydroxylation is 3. The summed E-state index contributed by atoms with van der Waals surface area (Å²) in [6.07, 6.45) is 4.13. The number of carbonyl (C=O) groups is 1. The first-order valence-electron chi connectivity index (χ1n) is 9.51. The van der Waals surface area contributed by atoms with Crippen LogP contribution in [0.1, 0.15) is 39.3 Å². The van der Waals surface area contributed by atoms with Gasteiger partial charge in [0.15, 0.2) is 5.13 Å². The van der Waals surface area contributed by atoms with Crippen molar-refractivity contribution in [3.63, 3.8) is 0 Å². The Morgan fingerprint density at radius 2 is 1.83 bits per heavy atom. The van der Waals surface area contributed by atoms with Crippen LogP contribution in [0.3, 0.4) is 0 Å². The van der Waals surface area contributed by atoms with Gasteiger partial charge in [-0.15, -0.1) is 11.3 Å². The number of thiazole rings is 1. The van der Waals surface area contributed by atoms with Gasteiger partial charge in [-0.3, -0.25) is 14.8 Å². The Balaban J connectivity index is 1.57. The molecule has 1 aromatic heterocycles. The smallest absolute Gasteiger partial charge is 0.261 e. The predicted molar refractivity (Wildman–Crippen MR) is 115 cm³/mol. The summed E-state index contributed by atoms with van der Waals surface area (Å²) in [6.45, 7) is 1.74. The SMILES string of the molecule is Cc1ccc(S(=O)(=O)Nc2ccc(F)cc2)cc1C(=O)Nc1nc2c(s1)CCCC2. The molecule has 0 radical (unpaired) electrons. The van der Waals surface area contributed by atoms with Gasteiger partial charge in [-0.05, 0) is 74.6 Å². The molecule has 9 heteroatoms. The number of amides is 1. The minimum Gasteiger partial charge on any atom is -0.298 e. The number of hydrogen-bond donors (Lipinski definition) is 2. The van der Waals surface area contributed by atoms with E-state index in [0.717, 1.165) is 31.4 Å². The van der Waals surface area contributed by atoms with E-state index in [9.17, 15) is 17.6 Å². The van der Waals surface area contributed by atoms with E-state index in [-0.39, 0.29) is 16.1 Å². The Labute approximate surface area is 178 Å². The summed E-state index contributed by atoms with van der Waals surface area (Å²) in [6, 6.07) is 9.35. The third-order valence-electron chi connectivity index (χ3n) is 4.93. The summed E-state index contributed by atoms with van der Waals surface area (Å²) in [7, 11) is -3.94. The molecule has 2 N–H and O–H groups in total. The molecule has 0 saturated carbocycles. The van der Waals surface area contributed by atoms with Crippen LogP contribution >= 0.6 is 11.3 Å². The van der Waals surface area contributed by atoms with Gasteiger partial charge in [0, 0.05) is 16.1 Å². The van der Waals surface area contributed by atoms with E-state index in [4.69, 9.17) is 0 Å². The molecule has 0 bridgehead atoms. The van der Waals surface area contributed by atoms with E-state index in [1.54, 1.807) is 13.0 Å². The number of anilines is 2. The number of carbonyl (C=O) groups excluding carboxylic acids is 1. The summed E-state index contributed by atoms with van der Waals surface area (Å²) < 4.78 is 40.9. The van der Waals surface area contributed by atoms with Gasteiger partial charge in [0.25, 0.3) is 15.9 Å². The Kier molecular flexibility index (Phi) is 5.57. The summed E-state index contributed by atoms with van der Waals surface area (Å²) in [5.74, 6) is -0.867. The van der Waals surface area contributed by atoms with Crippen molar-refractivity contribution >= 4 is 38.1 Å². The Bertz CT molecular complexity index is 1180. The molecule has 1 heterocycles. The monoisotopic (exact) mass is 445 g/mol. The molecule has 156 valence electrons. The van der Waals surface area contributed by atoms with Crippen molar-refractivity contribution in [2.24, 2.45) is 0 Å². The molecule has 2 aromatic carbocycles. The molecule has 6 nitrogen and oxygen atoms in total. The highest BCUT2D eigenvalue weighted by molar-refractivity contribution is 7.92. The van der Waals surface area contributed by atoms with Crippen LogP contribution in [-0.2, 0) is 22.9 Å². The highest BCUT2D eigenvalue weighted by atomic mass is 32.2. The molecule has 3 aromatic rings. The van der Waals surface area contributed by atoms with Crippen LogP contribution < -0.4 is 10.0 Å². The molecule has 0 fully saturated rings. The van der Waals surface area contributed by atoms with E-state index < -0.39 is 21.7 Å². The average Bonchev–Trinajstić information content (AvgIpc) is 3.12. The maximum atomic E-state index is 13.1. The van der Waals surface area contributed by atoms with Gasteiger partial charge in [-0.25, -0.2) is 17.8 Å². The normalized spacial score (nSPS) is 13.5. The van der Waals surface area contributed by atoms with E-state index in [2.05, 4.69) is 15.0 Å². The molecule has 0 aliphatic heterocycles. The second kappa shape index (κ2) is 8.16. The quantitative estimate of drug-likeness (QED) is 0.604. The topological polar surface area (TPSA) is 88.2 Å². The van der Waals surface area contributed by atoms with Gasteiger partial charge in [0.05, 0.1) is 10.6 Å². The van der Waals surface area contributed by atoms with Crippen LogP contribution in [0.15, 0.2) is 47.4 Å². The maximum Gasteiger partial charge on any atom is 0.261 e. The lowest BCUT2D eigenvalue weighted by atomic mass is 10.0. The van der Waals surface area contributed by atoms with E-state index >= 15 is 0 Å². The zero-order valence-corrected chi connectivity index (χ0v) is 17.9. The molecule has 4 rings (SSSR count). The van der Waals surface area contributed by atoms with Crippen molar-refractivity contribution in [3.8, 4) is 0 Å². The molecule has 0 spiro atoms. The Morgan fingerprint density at radius 1 is 1.10 bits per heavy atom. The van der Waals surface area contributed by atoms with Crippen molar-refractivity contribution in [2.75, 3.05) is 10.0 Å². The largest absolute Gasteiger partial charge is 0.298 e. The number of hydrogen-bond acceptors (Lipinski definition) is 5. The molecule has 30 heavy (non-hydrogen) atoms. The lowest BCUT2D eigenvalue weighted by Gasteiger charge is -2.11. The van der Waals surface area contributed by atoms with Gasteiger partial charge >= 0.3 is 0 Å². The maximum absolute atomic E-state index is 13.1. The number of nitrogens with one attached hydrogen (secondary N) is 2. The highest BCUT2D eigenvalue weighted by Crippen LogP contribution is 2.30. The summed E-state index contributed by atoms with van der Waals surface area (Å²) in [5.41, 5.74) is 2.18. The van der Waals surface area contributed by atoms with Gasteiger partial charge in [-0.1, -0.05) is 6.07 Å². The summed E-state index contributed by atoms with van der Waals surface area (Å²) >= 11 is 1.47. The second-order valence-corrected chi connectivity index (χ2v) is 9.91. The highest BCUT2D eigenvalue weighted by Gasteiger charge is 2.21. The van der Waals surface area contributed by atoms with Crippen LogP contribution in [0.5, 0.6) is 0 Å². The van der Waals surface area contributed by atoms with Crippen molar-refractivity contribution in [3.05, 3.63) is 70.0 Å². The van der Waals surface area contributed by atoms with Crippen LogP contribution in [0.4, 0.5) is 15.2 Å². The zero-order chi connectivity index (χ0) is 21.3. The molecule has 0 atom stereocenters. The fraction of sp³-hybridized carbons (Fsp3) is 0.238. The van der Waals surface area contributed by atoms with E-state index in [1.165, 1.54) is 52.6 Å². The third-order valence-corrected chi connectivity index (χ3v) is 7.38. The minimum atomic E-state index is -3.94. The number of aromatic nitrogens is 1. The Hall–Kier alpha value is -2.78. The number of sulfonamides is 1. The molecule has 0 saturated heterocycles. The zero-order valence-electron chi connectivity index (χ0n) is 16.2. The van der Waals surface area contributed by atoms with Crippen molar-refractivity contribution in [2.45, 2.75) is 37.5 Å². The number of halogens is 1. The van der Waals surface area contributed by atoms with E-state index in [1.807, 2.05) is 0 Å². The number of fused-ring (bicyclic) bond motifs is 1. The molecule has 1 amide bonds. The fourth-order valence-corrected chi connectivity index (χ4v) is 5.44. The van der Waals surface area contributed by atoms with Gasteiger partial charge in [-0.2, -0.15) is 0 Å². The molecule has 1 aliphatic carbocycles. The molecule has 0 unspecified atom stereocenters. The number of nitrogens with zero attached hydrogens (tertiary/aromatic N) is 1. The van der Waals surface area contributed by atoms with Crippen molar-refractivity contribution in [1.82, 2.24) is 4.98 Å². The average molecular weight is 446 g/mol. The summed E-state index contributed by atoms with van der Waals surface area (Å²) in [4.78, 5) is 18.5. The first kappa shape index (κ1) is 20.5. The number of benzene rings is 2. The predicted octanol–water partition coefficient (Wildman–Crippen LogP) is 4.52. The van der Waals surface area contributed by atoms with Crippen LogP contribution in [0, 0.1) is 12.7 Å². The lowest BCUT2D eigenvalue weighted by Crippen LogP contribution is -2.17. The van der Waals surface area contributed by atoms with Gasteiger partial charge < -0.3 is 0 Å². The van der Waals surface area contributed by atoms with Crippen LogP contribution in [-0.4, -0.2) is 19.3 Å². The van der Waals surface area contributed by atoms with E-state index in [0.29, 0.717) is 10.7 Å². The standard InChI is InChI=1S/C21H20FN3O3S2/c1-13-6-11-16(30(27,28)25-15-9-7-14(22)8-10-15)12-17(13)20(26)24-21-23-18-4-2-3-5-19(18)29-21/h6-12,25H,2-5H2,1H3,(H,23,24,26). The second-order valence-electron chi connectivity index (χ2n) is 7.14. The Morgan fingerprint density at radius 3 is 2.57 bits per heavy atom. The first-order chi connectivity index (χ1) is 14.3. The molecular formula is C21H20FN3O3S2. The third kappa shape index (κ3) is 4.36. The van der Waals surface area contributed by atoms with Gasteiger partial charge in [0.1, 0.15) is 5.82 Å². The first-order valence-corrected chi connectivity index (χ1v) is 11.8. The minimum absolute atomic E-state index is 0.0546. The number of rotatable bonds is 5. The van der Waals surface area contributed by atoms with Crippen molar-refractivity contribution in [1.29, 1.82) is 0 Å². The summed E-state index contributed by atoms with van der Waals surface area (Å²) in [5, 5.41) is 3.33. The molecular weight excluding hydrogens is 425 g/mol. The fourth-order valence-electron chi connectivity index (χ4n) is 3.31. The molecule has 1 aliphatic rings. The van der Waals surface area contributed by atoms with Gasteiger partial charge in [0.2, 0.25) is 0 Å². The van der Waals surface area contributed by atoms with Crippen molar-refractivity contribution < 1.29 is 17.6 Å². The lowest BCUT2D eigenvalue weighted by molar-refractivity contribution is 0.102.